The van der Waals surface area contributed by atoms with Crippen molar-refractivity contribution in [2.24, 2.45) is 0 Å². The average Bonchev–Trinajstić information content (AvgIpc) is 2.43. The van der Waals surface area contributed by atoms with Gasteiger partial charge in [-0.3, -0.25) is 4.79 Å². The van der Waals surface area contributed by atoms with Gasteiger partial charge in [0.2, 0.25) is 5.91 Å². The predicted octanol–water partition coefficient (Wildman–Crippen LogP) is 2.94. The summed E-state index contributed by atoms with van der Waals surface area (Å²) in [5.41, 5.74) is 1.46. The van der Waals surface area contributed by atoms with Crippen molar-refractivity contribution in [1.82, 2.24) is 4.90 Å². The molecule has 1 amide bonds. The Morgan fingerprint density at radius 2 is 2.24 bits per heavy atom. The van der Waals surface area contributed by atoms with Crippen molar-refractivity contribution in [3.05, 3.63) is 35.1 Å². The summed E-state index contributed by atoms with van der Waals surface area (Å²) in [5, 5.41) is 0. The highest BCUT2D eigenvalue weighted by molar-refractivity contribution is 5.77. The van der Waals surface area contributed by atoms with E-state index >= 15 is 0 Å². The van der Waals surface area contributed by atoms with Crippen LogP contribution in [0.3, 0.4) is 0 Å². The summed E-state index contributed by atoms with van der Waals surface area (Å²) in [6, 6.07) is 4.56. The molecule has 1 atom stereocenters. The maximum atomic E-state index is 13.9. The van der Waals surface area contributed by atoms with Crippen LogP contribution < -0.4 is 0 Å². The number of halogens is 3. The summed E-state index contributed by atoms with van der Waals surface area (Å²) in [6.45, 7) is 1.57. The van der Waals surface area contributed by atoms with Crippen LogP contribution >= 0.6 is 0 Å². The first-order valence-corrected chi connectivity index (χ1v) is 6.93. The molecule has 1 heterocycles. The summed E-state index contributed by atoms with van der Waals surface area (Å²) in [5.74, 6) is -0.517. The van der Waals surface area contributed by atoms with Crippen LogP contribution in [0.2, 0.25) is 0 Å². The van der Waals surface area contributed by atoms with E-state index in [1.807, 2.05) is 6.07 Å². The van der Waals surface area contributed by atoms with Gasteiger partial charge in [0.15, 0.2) is 0 Å². The topological polar surface area (TPSA) is 29.5 Å². The first-order valence-electron chi connectivity index (χ1n) is 6.93. The zero-order valence-electron chi connectivity index (χ0n) is 11.8. The van der Waals surface area contributed by atoms with Crippen molar-refractivity contribution >= 4 is 5.91 Å². The number of hydrogen-bond acceptors (Lipinski definition) is 2. The van der Waals surface area contributed by atoms with E-state index in [0.717, 1.165) is 5.56 Å². The van der Waals surface area contributed by atoms with Crippen molar-refractivity contribution in [3.63, 3.8) is 0 Å². The Morgan fingerprint density at radius 1 is 1.48 bits per heavy atom. The molecule has 2 rings (SSSR count). The van der Waals surface area contributed by atoms with Crippen molar-refractivity contribution in [3.8, 4) is 0 Å². The van der Waals surface area contributed by atoms with Gasteiger partial charge in [0.05, 0.1) is 19.1 Å². The zero-order chi connectivity index (χ0) is 15.4. The van der Waals surface area contributed by atoms with E-state index in [9.17, 15) is 18.0 Å². The second-order valence-electron chi connectivity index (χ2n) is 5.04. The molecule has 21 heavy (non-hydrogen) atoms. The van der Waals surface area contributed by atoms with Gasteiger partial charge in [0, 0.05) is 12.1 Å². The fourth-order valence-electron chi connectivity index (χ4n) is 2.67. The lowest BCUT2D eigenvalue weighted by Crippen LogP contribution is -2.39. The Kier molecular flexibility index (Phi) is 5.22. The molecule has 3 nitrogen and oxygen atoms in total. The lowest BCUT2D eigenvalue weighted by Gasteiger charge is -2.35. The van der Waals surface area contributed by atoms with Crippen LogP contribution in [-0.2, 0) is 16.0 Å². The molecular formula is C15H18F3NO2. The van der Waals surface area contributed by atoms with E-state index in [1.54, 1.807) is 17.9 Å². The number of amides is 1. The first kappa shape index (κ1) is 15.8. The van der Waals surface area contributed by atoms with Gasteiger partial charge in [-0.1, -0.05) is 12.1 Å². The predicted molar refractivity (Wildman–Crippen MR) is 71.7 cm³/mol. The third-order valence-electron chi connectivity index (χ3n) is 3.67. The molecule has 0 bridgehead atoms. The van der Waals surface area contributed by atoms with Gasteiger partial charge in [0.1, 0.15) is 12.4 Å². The van der Waals surface area contributed by atoms with Crippen LogP contribution in [0.25, 0.3) is 0 Å². The summed E-state index contributed by atoms with van der Waals surface area (Å²) in [4.78, 5) is 13.7. The molecule has 1 aliphatic rings. The Morgan fingerprint density at radius 3 is 2.95 bits per heavy atom. The number of rotatable bonds is 5. The SMILES string of the molecule is CC1c2c(F)cccc2CCN1C(=O)CCOCC(F)F. The number of nitrogens with zero attached hydrogens (tertiary/aromatic N) is 1. The molecule has 6 heteroatoms. The molecular weight excluding hydrogens is 283 g/mol. The normalized spacial score (nSPS) is 18.0. The lowest BCUT2D eigenvalue weighted by atomic mass is 9.93. The first-order chi connectivity index (χ1) is 10.0. The van der Waals surface area contributed by atoms with Gasteiger partial charge >= 0.3 is 0 Å². The highest BCUT2D eigenvalue weighted by Gasteiger charge is 2.29. The number of carbonyl (C=O) groups excluding carboxylic acids is 1. The molecule has 1 unspecified atom stereocenters. The number of hydrogen-bond donors (Lipinski definition) is 0. The molecule has 0 fully saturated rings. The molecule has 0 N–H and O–H groups in total. The van der Waals surface area contributed by atoms with E-state index in [0.29, 0.717) is 18.5 Å². The molecule has 0 radical (unpaired) electrons. The van der Waals surface area contributed by atoms with Crippen LogP contribution in [0.5, 0.6) is 0 Å². The second kappa shape index (κ2) is 6.93. The maximum Gasteiger partial charge on any atom is 0.261 e. The lowest BCUT2D eigenvalue weighted by molar-refractivity contribution is -0.135. The van der Waals surface area contributed by atoms with E-state index in [2.05, 4.69) is 0 Å². The quantitative estimate of drug-likeness (QED) is 0.783. The molecule has 116 valence electrons. The van der Waals surface area contributed by atoms with Gasteiger partial charge in [-0.05, 0) is 25.0 Å². The molecule has 0 aliphatic carbocycles. The Hall–Kier alpha value is -1.56. The Labute approximate surface area is 121 Å². The highest BCUT2D eigenvalue weighted by Crippen LogP contribution is 2.31. The monoisotopic (exact) mass is 301 g/mol. The minimum absolute atomic E-state index is 0.0286. The minimum Gasteiger partial charge on any atom is -0.375 e. The van der Waals surface area contributed by atoms with Crippen LogP contribution in [0.4, 0.5) is 13.2 Å². The van der Waals surface area contributed by atoms with E-state index in [4.69, 9.17) is 4.74 Å². The minimum atomic E-state index is -2.53. The van der Waals surface area contributed by atoms with Crippen LogP contribution in [0, 0.1) is 5.82 Å². The smallest absolute Gasteiger partial charge is 0.261 e. The third-order valence-corrected chi connectivity index (χ3v) is 3.67. The van der Waals surface area contributed by atoms with Gasteiger partial charge in [-0.2, -0.15) is 0 Å². The molecule has 1 aromatic rings. The summed E-state index contributed by atoms with van der Waals surface area (Å²) < 4.78 is 42.5. The largest absolute Gasteiger partial charge is 0.375 e. The molecule has 0 aromatic heterocycles. The number of carbonyl (C=O) groups is 1. The van der Waals surface area contributed by atoms with Crippen molar-refractivity contribution in [2.45, 2.75) is 32.2 Å². The number of alkyl halides is 2. The van der Waals surface area contributed by atoms with E-state index in [1.165, 1.54) is 6.07 Å². The van der Waals surface area contributed by atoms with Gasteiger partial charge < -0.3 is 9.64 Å². The molecule has 1 aromatic carbocycles. The second-order valence-corrected chi connectivity index (χ2v) is 5.04. The third kappa shape index (κ3) is 3.75. The highest BCUT2D eigenvalue weighted by atomic mass is 19.3. The Balaban J connectivity index is 1.96. The maximum absolute atomic E-state index is 13.9. The summed E-state index contributed by atoms with van der Waals surface area (Å²) in [7, 11) is 0. The summed E-state index contributed by atoms with van der Waals surface area (Å²) in [6.07, 6.45) is -1.91. The van der Waals surface area contributed by atoms with Gasteiger partial charge in [0.25, 0.3) is 6.43 Å². The fraction of sp³-hybridized carbons (Fsp3) is 0.533. The fourth-order valence-corrected chi connectivity index (χ4v) is 2.67. The molecule has 1 aliphatic heterocycles. The van der Waals surface area contributed by atoms with Crippen LogP contribution in [0.15, 0.2) is 18.2 Å². The van der Waals surface area contributed by atoms with Crippen LogP contribution in [-0.4, -0.2) is 37.0 Å². The van der Waals surface area contributed by atoms with Crippen molar-refractivity contribution in [1.29, 1.82) is 0 Å². The van der Waals surface area contributed by atoms with E-state index < -0.39 is 13.0 Å². The van der Waals surface area contributed by atoms with Crippen molar-refractivity contribution < 1.29 is 22.7 Å². The van der Waals surface area contributed by atoms with Gasteiger partial charge in [-0.25, -0.2) is 13.2 Å². The number of ether oxygens (including phenoxy) is 1. The molecule has 0 spiro atoms. The van der Waals surface area contributed by atoms with E-state index in [-0.39, 0.29) is 30.8 Å². The molecule has 0 saturated carbocycles. The number of benzene rings is 1. The Bertz CT molecular complexity index is 508. The van der Waals surface area contributed by atoms with Crippen LogP contribution in [0.1, 0.15) is 30.5 Å². The van der Waals surface area contributed by atoms with Crippen molar-refractivity contribution in [2.75, 3.05) is 19.8 Å². The standard InChI is InChI=1S/C15H18F3NO2/c1-10-15-11(3-2-4-12(15)16)5-7-19(10)14(20)6-8-21-9-13(17)18/h2-4,10,13H,5-9H2,1H3. The number of fused-ring (bicyclic) bond motifs is 1. The summed E-state index contributed by atoms with van der Waals surface area (Å²) >= 11 is 0. The average molecular weight is 301 g/mol. The van der Waals surface area contributed by atoms with Gasteiger partial charge in [-0.15, -0.1) is 0 Å². The molecule has 0 saturated heterocycles. The zero-order valence-corrected chi connectivity index (χ0v) is 11.8.